The van der Waals surface area contributed by atoms with E-state index < -0.39 is 0 Å². The van der Waals surface area contributed by atoms with E-state index in [0.717, 1.165) is 30.8 Å². The Balaban J connectivity index is 1.49. The molecular formula is C18H21N3O4. The van der Waals surface area contributed by atoms with Crippen molar-refractivity contribution in [3.05, 3.63) is 46.1 Å². The lowest BCUT2D eigenvalue weighted by molar-refractivity contribution is 0.0545. The number of likely N-dealkylation sites (tertiary alicyclic amines) is 1. The van der Waals surface area contributed by atoms with Gasteiger partial charge in [0.15, 0.2) is 11.5 Å². The van der Waals surface area contributed by atoms with Crippen LogP contribution in [0.15, 0.2) is 29.2 Å². The highest BCUT2D eigenvalue weighted by molar-refractivity contribution is 5.92. The van der Waals surface area contributed by atoms with Crippen LogP contribution in [0.2, 0.25) is 0 Å². The van der Waals surface area contributed by atoms with Gasteiger partial charge in [-0.15, -0.1) is 0 Å². The van der Waals surface area contributed by atoms with Crippen molar-refractivity contribution in [3.8, 4) is 11.5 Å². The summed E-state index contributed by atoms with van der Waals surface area (Å²) in [5.41, 5.74) is 1.12. The fourth-order valence-electron chi connectivity index (χ4n) is 3.79. The van der Waals surface area contributed by atoms with Crippen molar-refractivity contribution in [2.24, 2.45) is 5.41 Å². The Morgan fingerprint density at radius 1 is 1.32 bits per heavy atom. The summed E-state index contributed by atoms with van der Waals surface area (Å²) in [7, 11) is 0. The van der Waals surface area contributed by atoms with E-state index in [0.29, 0.717) is 18.8 Å². The van der Waals surface area contributed by atoms with E-state index in [9.17, 15) is 9.59 Å². The number of carbonyl (C=O) groups excluding carboxylic acids is 1. The minimum atomic E-state index is -0.358. The van der Waals surface area contributed by atoms with Crippen molar-refractivity contribution >= 4 is 5.91 Å². The maximum absolute atomic E-state index is 12.6. The third-order valence-corrected chi connectivity index (χ3v) is 4.96. The van der Waals surface area contributed by atoms with Gasteiger partial charge in [-0.2, -0.15) is 0 Å². The number of benzene rings is 1. The van der Waals surface area contributed by atoms with Crippen LogP contribution in [0.25, 0.3) is 0 Å². The number of rotatable bonds is 3. The summed E-state index contributed by atoms with van der Waals surface area (Å²) in [5.74, 6) is 1.44. The van der Waals surface area contributed by atoms with Crippen LogP contribution >= 0.6 is 0 Å². The van der Waals surface area contributed by atoms with Crippen molar-refractivity contribution in [2.75, 3.05) is 19.9 Å². The summed E-state index contributed by atoms with van der Waals surface area (Å²) in [5, 5.41) is 0. The monoisotopic (exact) mass is 343 g/mol. The second-order valence-electron chi connectivity index (χ2n) is 7.16. The lowest BCUT2D eigenvalue weighted by Crippen LogP contribution is -2.46. The van der Waals surface area contributed by atoms with Gasteiger partial charge >= 0.3 is 5.69 Å². The van der Waals surface area contributed by atoms with Gasteiger partial charge < -0.3 is 24.3 Å². The topological polar surface area (TPSA) is 87.4 Å². The van der Waals surface area contributed by atoms with E-state index in [1.807, 2.05) is 17.0 Å². The Labute approximate surface area is 145 Å². The lowest BCUT2D eigenvalue weighted by Gasteiger charge is -2.40. The van der Waals surface area contributed by atoms with Gasteiger partial charge in [-0.25, -0.2) is 4.79 Å². The van der Waals surface area contributed by atoms with Crippen LogP contribution in [-0.2, 0) is 6.42 Å². The van der Waals surface area contributed by atoms with Crippen LogP contribution in [0.1, 0.15) is 35.8 Å². The van der Waals surface area contributed by atoms with Gasteiger partial charge in [0.25, 0.3) is 5.91 Å². The van der Waals surface area contributed by atoms with Crippen LogP contribution in [0, 0.1) is 5.41 Å². The Bertz CT molecular complexity index is 856. The molecule has 25 heavy (non-hydrogen) atoms. The molecule has 2 aliphatic rings. The molecule has 1 fully saturated rings. The number of hydrogen-bond donors (Lipinski definition) is 2. The predicted octanol–water partition coefficient (Wildman–Crippen LogP) is 1.92. The fourth-order valence-corrected chi connectivity index (χ4v) is 3.79. The smallest absolute Gasteiger partial charge is 0.323 e. The zero-order valence-corrected chi connectivity index (χ0v) is 14.1. The highest BCUT2D eigenvalue weighted by Crippen LogP contribution is 2.37. The first-order valence-electron chi connectivity index (χ1n) is 8.48. The first-order chi connectivity index (χ1) is 12.0. The number of aromatic amines is 2. The Kier molecular flexibility index (Phi) is 3.78. The average Bonchev–Trinajstić information content (AvgIpc) is 3.22. The molecule has 0 aliphatic carbocycles. The molecule has 1 aromatic carbocycles. The molecular weight excluding hydrogens is 322 g/mol. The predicted molar refractivity (Wildman–Crippen MR) is 90.9 cm³/mol. The van der Waals surface area contributed by atoms with E-state index in [4.69, 9.17) is 9.47 Å². The molecule has 1 atom stereocenters. The van der Waals surface area contributed by atoms with Crippen LogP contribution in [-0.4, -0.2) is 40.7 Å². The zero-order valence-electron chi connectivity index (χ0n) is 14.1. The van der Waals surface area contributed by atoms with Crippen LogP contribution < -0.4 is 15.2 Å². The molecule has 7 nitrogen and oxygen atoms in total. The van der Waals surface area contributed by atoms with Gasteiger partial charge in [0.05, 0.1) is 0 Å². The van der Waals surface area contributed by atoms with E-state index in [-0.39, 0.29) is 23.8 Å². The minimum absolute atomic E-state index is 0.0157. The standard InChI is InChI=1S/C18H21N3O4/c1-18(8-12-3-4-14-15(7-12)25-11-24-14)5-2-6-21(10-18)16(22)13-9-19-17(23)20-13/h3-4,7,9H,2,5-6,8,10-11H2,1H3,(H2,19,20,23). The fraction of sp³-hybridized carbons (Fsp3) is 0.444. The molecule has 0 saturated carbocycles. The molecule has 0 bridgehead atoms. The maximum Gasteiger partial charge on any atom is 0.323 e. The first kappa shape index (κ1) is 15.8. The molecule has 0 spiro atoms. The Morgan fingerprint density at radius 3 is 2.96 bits per heavy atom. The van der Waals surface area contributed by atoms with E-state index >= 15 is 0 Å². The van der Waals surface area contributed by atoms with Crippen molar-refractivity contribution < 1.29 is 14.3 Å². The van der Waals surface area contributed by atoms with E-state index in [2.05, 4.69) is 23.0 Å². The highest BCUT2D eigenvalue weighted by atomic mass is 16.7. The van der Waals surface area contributed by atoms with Crippen LogP contribution in [0.4, 0.5) is 0 Å². The number of imidazole rings is 1. The van der Waals surface area contributed by atoms with E-state index in [1.165, 1.54) is 11.8 Å². The number of carbonyl (C=O) groups is 1. The number of aromatic nitrogens is 2. The molecule has 1 amide bonds. The molecule has 1 aromatic heterocycles. The number of nitrogens with zero attached hydrogens (tertiary/aromatic N) is 1. The van der Waals surface area contributed by atoms with Gasteiger partial charge in [0, 0.05) is 19.3 Å². The van der Waals surface area contributed by atoms with Gasteiger partial charge in [-0.3, -0.25) is 4.79 Å². The SMILES string of the molecule is CC1(Cc2ccc3c(c2)OCO3)CCCN(C(=O)c2c[nH]c(=O)[nH]2)C1. The summed E-state index contributed by atoms with van der Waals surface area (Å²) < 4.78 is 10.8. The number of ether oxygens (including phenoxy) is 2. The summed E-state index contributed by atoms with van der Waals surface area (Å²) in [4.78, 5) is 30.7. The lowest BCUT2D eigenvalue weighted by atomic mass is 9.77. The first-order valence-corrected chi connectivity index (χ1v) is 8.48. The molecule has 2 aliphatic heterocycles. The van der Waals surface area contributed by atoms with E-state index in [1.54, 1.807) is 0 Å². The second-order valence-corrected chi connectivity index (χ2v) is 7.16. The van der Waals surface area contributed by atoms with Crippen LogP contribution in [0.3, 0.4) is 0 Å². The average molecular weight is 343 g/mol. The minimum Gasteiger partial charge on any atom is -0.454 e. The zero-order chi connectivity index (χ0) is 17.4. The maximum atomic E-state index is 12.6. The third kappa shape index (κ3) is 3.14. The molecule has 2 N–H and O–H groups in total. The molecule has 1 saturated heterocycles. The quantitative estimate of drug-likeness (QED) is 0.891. The van der Waals surface area contributed by atoms with Crippen molar-refractivity contribution in [3.63, 3.8) is 0 Å². The number of fused-ring (bicyclic) bond motifs is 1. The molecule has 2 aromatic rings. The number of nitrogens with one attached hydrogen (secondary N) is 2. The molecule has 132 valence electrons. The van der Waals surface area contributed by atoms with Gasteiger partial charge in [0.1, 0.15) is 5.69 Å². The molecule has 3 heterocycles. The van der Waals surface area contributed by atoms with Gasteiger partial charge in [0.2, 0.25) is 6.79 Å². The van der Waals surface area contributed by atoms with Crippen molar-refractivity contribution in [1.82, 2.24) is 14.9 Å². The summed E-state index contributed by atoms with van der Waals surface area (Å²) in [6, 6.07) is 6.03. The summed E-state index contributed by atoms with van der Waals surface area (Å²) in [6.45, 7) is 3.85. The normalized spacial score (nSPS) is 22.2. The van der Waals surface area contributed by atoms with Gasteiger partial charge in [-0.05, 0) is 42.4 Å². The molecule has 1 unspecified atom stereocenters. The number of hydrogen-bond acceptors (Lipinski definition) is 4. The van der Waals surface area contributed by atoms with Crippen LogP contribution in [0.5, 0.6) is 11.5 Å². The third-order valence-electron chi connectivity index (χ3n) is 4.96. The van der Waals surface area contributed by atoms with Crippen molar-refractivity contribution in [1.29, 1.82) is 0 Å². The Hall–Kier alpha value is -2.70. The van der Waals surface area contributed by atoms with Gasteiger partial charge in [-0.1, -0.05) is 13.0 Å². The summed E-state index contributed by atoms with van der Waals surface area (Å²) in [6.07, 6.45) is 4.29. The highest BCUT2D eigenvalue weighted by Gasteiger charge is 2.34. The molecule has 4 rings (SSSR count). The summed E-state index contributed by atoms with van der Waals surface area (Å²) >= 11 is 0. The molecule has 0 radical (unpaired) electrons. The molecule has 7 heteroatoms. The largest absolute Gasteiger partial charge is 0.454 e. The second kappa shape index (κ2) is 5.98. The van der Waals surface area contributed by atoms with Crippen molar-refractivity contribution in [2.45, 2.75) is 26.2 Å². The number of piperidine rings is 1. The Morgan fingerprint density at radius 2 is 2.16 bits per heavy atom. The number of amides is 1. The number of H-pyrrole nitrogens is 2.